The van der Waals surface area contributed by atoms with Crippen molar-refractivity contribution in [1.82, 2.24) is 0 Å². The van der Waals surface area contributed by atoms with Crippen LogP contribution < -0.4 is 0 Å². The van der Waals surface area contributed by atoms with Crippen molar-refractivity contribution in [2.45, 2.75) is 0 Å². The van der Waals surface area contributed by atoms with Gasteiger partial charge in [0, 0.05) is 35.6 Å². The van der Waals surface area contributed by atoms with Crippen molar-refractivity contribution in [3.05, 3.63) is 0 Å². The Morgan fingerprint density at radius 2 is 1.25 bits per heavy atom. The smallest absolute Gasteiger partial charge is 0 e. The van der Waals surface area contributed by atoms with Crippen molar-refractivity contribution >= 4 is 29.9 Å². The second-order valence-corrected chi connectivity index (χ2v) is 0. The predicted octanol–water partition coefficient (Wildman–Crippen LogP) is -2.22. The van der Waals surface area contributed by atoms with Gasteiger partial charge in [-0.1, -0.05) is 0 Å². The minimum absolute atomic E-state index is 0. The van der Waals surface area contributed by atoms with Gasteiger partial charge in [-0.3, -0.25) is 0 Å². The van der Waals surface area contributed by atoms with Crippen molar-refractivity contribution in [3.8, 4) is 0 Å². The van der Waals surface area contributed by atoms with Crippen molar-refractivity contribution in [3.63, 3.8) is 0 Å². The van der Waals surface area contributed by atoms with Gasteiger partial charge in [-0.05, 0) is 0 Å². The Hall–Kier alpha value is 1.85. The summed E-state index contributed by atoms with van der Waals surface area (Å²) in [4.78, 5) is 0. The van der Waals surface area contributed by atoms with E-state index < -0.39 is 0 Å². The summed E-state index contributed by atoms with van der Waals surface area (Å²) in [6.07, 6.45) is 0. The topological polar surface area (TPSA) is 17.1 Å². The van der Waals surface area contributed by atoms with E-state index in [4.69, 9.17) is 4.46 Å². The second kappa shape index (κ2) is 21.0. The predicted molar refractivity (Wildman–Crippen MR) is 19.2 cm³/mol. The molecule has 0 spiro atoms. The van der Waals surface area contributed by atoms with Crippen LogP contribution in [0, 0.1) is 35.6 Å². The Morgan fingerprint density at radius 1 is 1.25 bits per heavy atom. The van der Waals surface area contributed by atoms with Gasteiger partial charge in [0.05, 0.1) is 0 Å². The summed E-state index contributed by atoms with van der Waals surface area (Å²) in [5.41, 5.74) is 0. The Morgan fingerprint density at radius 3 is 1.25 bits per heavy atom. The number of hydrogen-bond donors (Lipinski definition) is 0. The van der Waals surface area contributed by atoms with Crippen LogP contribution in [0.15, 0.2) is 0 Å². The first kappa shape index (κ1) is 16.9. The maximum atomic E-state index is 8.28. The quantitative estimate of drug-likeness (QED) is 0.450. The first-order chi connectivity index (χ1) is 1.00. The summed E-state index contributed by atoms with van der Waals surface area (Å²) < 4.78 is 8.28. The molecule has 0 aromatic rings. The third-order valence-corrected chi connectivity index (χ3v) is 0. The van der Waals surface area contributed by atoms with Gasteiger partial charge in [0.15, 0.2) is 0 Å². The van der Waals surface area contributed by atoms with E-state index in [2.05, 4.69) is 0 Å². The van der Waals surface area contributed by atoms with Crippen molar-refractivity contribution in [2.75, 3.05) is 0 Å². The molecule has 0 heterocycles. The minimum Gasteiger partial charge on any atom is 0 e. The molecule has 0 fully saturated rings. The minimum atomic E-state index is 0. The van der Waals surface area contributed by atoms with Crippen LogP contribution in [0.5, 0.6) is 0 Å². The molecule has 21 valence electrons. The van der Waals surface area contributed by atoms with E-state index in [0.29, 0.717) is 10.1 Å². The molecule has 0 aromatic carbocycles. The third kappa shape index (κ3) is 9.14. The first-order valence-electron chi connectivity index (χ1n) is 0.289. The summed E-state index contributed by atoms with van der Waals surface area (Å²) in [6, 6.07) is 0. The Balaban J connectivity index is -0.00000000500. The van der Waals surface area contributed by atoms with E-state index >= 15 is 0 Å². The average Bonchev–Trinajstić information content (AvgIpc) is 1.00. The zero-order valence-corrected chi connectivity index (χ0v) is 6.73. The normalized spacial score (nSPS) is 1.00. The van der Waals surface area contributed by atoms with Gasteiger partial charge in [-0.2, -0.15) is 0 Å². The molecule has 0 bridgehead atoms. The van der Waals surface area contributed by atoms with Gasteiger partial charge in [0.25, 0.3) is 0 Å². The van der Waals surface area contributed by atoms with Crippen molar-refractivity contribution in [2.24, 2.45) is 0 Å². The van der Waals surface area contributed by atoms with E-state index in [0.717, 1.165) is 0 Å². The van der Waals surface area contributed by atoms with Gasteiger partial charge in [-0.15, -0.1) is 0 Å². The molecule has 0 unspecified atom stereocenters. The molecular weight excluding hydrogens is 253 g/mol. The molecule has 0 aliphatic heterocycles. The number of rotatable bonds is 0. The standard InChI is InChI=1S/Ga.La.H2OSi.3H/c;;1-2;;;/h;;2H2;;;. The molecule has 0 saturated heterocycles. The fraction of sp³-hybridized carbons (Fsp3) is 0. The van der Waals surface area contributed by atoms with Crippen LogP contribution in [0.2, 0.25) is 0 Å². The van der Waals surface area contributed by atoms with Gasteiger partial charge >= 0.3 is 19.8 Å². The summed E-state index contributed by atoms with van der Waals surface area (Å²) >= 11 is 0. The van der Waals surface area contributed by atoms with E-state index in [9.17, 15) is 0 Å². The molecule has 0 aromatic heterocycles. The summed E-state index contributed by atoms with van der Waals surface area (Å²) in [6.45, 7) is 0. The van der Waals surface area contributed by atoms with Crippen LogP contribution in [0.3, 0.4) is 0 Å². The van der Waals surface area contributed by atoms with E-state index in [1.165, 1.54) is 0 Å². The fourth-order valence-corrected chi connectivity index (χ4v) is 0. The molecule has 0 rings (SSSR count). The van der Waals surface area contributed by atoms with Gasteiger partial charge in [0.2, 0.25) is 10.1 Å². The molecule has 4 heavy (non-hydrogen) atoms. The molecule has 0 amide bonds. The van der Waals surface area contributed by atoms with Crippen LogP contribution in [0.1, 0.15) is 0 Å². The maximum Gasteiger partial charge on any atom is 0 e. The van der Waals surface area contributed by atoms with E-state index in [-0.39, 0.29) is 55.4 Å². The van der Waals surface area contributed by atoms with Crippen molar-refractivity contribution < 1.29 is 40.1 Å². The molecule has 1 nitrogen and oxygen atoms in total. The molecular formula is H5GaLaOSi. The summed E-state index contributed by atoms with van der Waals surface area (Å²) in [7, 11) is 0.611. The Bertz CT molecular complexity index is 8.00. The van der Waals surface area contributed by atoms with Crippen LogP contribution in [0.25, 0.3) is 0 Å². The maximum absolute atomic E-state index is 8.28. The Kier molecular flexibility index (Phi) is 89.0. The van der Waals surface area contributed by atoms with Gasteiger partial charge in [0.1, 0.15) is 0 Å². The molecule has 0 aliphatic rings. The number of hydrogen-bond acceptors (Lipinski definition) is 1. The van der Waals surface area contributed by atoms with E-state index in [1.54, 1.807) is 0 Å². The zero-order chi connectivity index (χ0) is 2.00. The molecule has 1 radical (unpaired) electrons. The van der Waals surface area contributed by atoms with Gasteiger partial charge < -0.3 is 4.46 Å². The molecule has 0 aliphatic carbocycles. The van der Waals surface area contributed by atoms with Crippen LogP contribution in [-0.4, -0.2) is 29.9 Å². The largest absolute Gasteiger partial charge is 0 e. The van der Waals surface area contributed by atoms with Crippen LogP contribution in [0.4, 0.5) is 0 Å². The molecule has 0 N–H and O–H groups in total. The van der Waals surface area contributed by atoms with Crippen molar-refractivity contribution in [1.29, 1.82) is 0 Å². The SMILES string of the molecule is O=[SiH2].[GaH3].[La]. The van der Waals surface area contributed by atoms with Crippen LogP contribution in [-0.2, 0) is 4.46 Å². The molecule has 0 atom stereocenters. The monoisotopic (exact) mass is 257 g/mol. The van der Waals surface area contributed by atoms with Gasteiger partial charge in [-0.25, -0.2) is 0 Å². The summed E-state index contributed by atoms with van der Waals surface area (Å²) in [5, 5.41) is 0. The molecule has 0 saturated carbocycles. The zero-order valence-electron chi connectivity index (χ0n) is 1.69. The first-order valence-corrected chi connectivity index (χ1v) is 0.866. The third-order valence-electron chi connectivity index (χ3n) is 0. The average molecular weight is 258 g/mol. The fourth-order valence-electron chi connectivity index (χ4n) is 0. The second-order valence-electron chi connectivity index (χ2n) is 0. The van der Waals surface area contributed by atoms with Crippen LogP contribution >= 0.6 is 0 Å². The summed E-state index contributed by atoms with van der Waals surface area (Å²) in [5.74, 6) is 0. The molecule has 4 heteroatoms. The Labute approximate surface area is 69.1 Å². The van der Waals surface area contributed by atoms with E-state index in [1.807, 2.05) is 0 Å².